The lowest BCUT2D eigenvalue weighted by molar-refractivity contribution is 0.107. The first-order valence-electron chi connectivity index (χ1n) is 4.53. The van der Waals surface area contributed by atoms with Crippen LogP contribution < -0.4 is 0 Å². The number of hydrogen-bond acceptors (Lipinski definition) is 4. The summed E-state index contributed by atoms with van der Waals surface area (Å²) in [7, 11) is 0. The first kappa shape index (κ1) is 8.65. The number of hydrogen-bond donors (Lipinski definition) is 1. The van der Waals surface area contributed by atoms with Gasteiger partial charge in [-0.05, 0) is 6.92 Å². The lowest BCUT2D eigenvalue weighted by Crippen LogP contribution is -2.41. The summed E-state index contributed by atoms with van der Waals surface area (Å²) in [6, 6.07) is 0.213. The maximum Gasteiger partial charge on any atom is 0.147 e. The fourth-order valence-electron chi connectivity index (χ4n) is 1.58. The van der Waals surface area contributed by atoms with Crippen molar-refractivity contribution >= 4 is 0 Å². The second-order valence-corrected chi connectivity index (χ2v) is 3.44. The molecule has 5 heteroatoms. The molecule has 1 aromatic heterocycles. The van der Waals surface area contributed by atoms with Crippen molar-refractivity contribution in [3.05, 3.63) is 12.2 Å². The standard InChI is InChI=1S/C8H14N4O/c1-7(5-13)11-2-3-12-6-9-10-8(12)4-11/h6-7,13H,2-5H2,1H3. The summed E-state index contributed by atoms with van der Waals surface area (Å²) in [6.07, 6.45) is 1.76. The van der Waals surface area contributed by atoms with Crippen LogP contribution in [0, 0.1) is 0 Å². The predicted octanol–water partition coefficient (Wildman–Crippen LogP) is -0.526. The molecule has 1 aliphatic heterocycles. The lowest BCUT2D eigenvalue weighted by atomic mass is 10.2. The van der Waals surface area contributed by atoms with Crippen LogP contribution in [0.15, 0.2) is 6.33 Å². The summed E-state index contributed by atoms with van der Waals surface area (Å²) in [5, 5.41) is 16.9. The van der Waals surface area contributed by atoms with E-state index in [4.69, 9.17) is 5.11 Å². The largest absolute Gasteiger partial charge is 0.395 e. The average Bonchev–Trinajstić information content (AvgIpc) is 2.63. The molecule has 1 unspecified atom stereocenters. The maximum absolute atomic E-state index is 9.00. The third-order valence-corrected chi connectivity index (χ3v) is 2.56. The van der Waals surface area contributed by atoms with E-state index in [1.807, 2.05) is 6.92 Å². The molecule has 1 atom stereocenters. The summed E-state index contributed by atoms with van der Waals surface area (Å²) in [5.74, 6) is 0.992. The smallest absolute Gasteiger partial charge is 0.147 e. The van der Waals surface area contributed by atoms with Gasteiger partial charge in [-0.1, -0.05) is 0 Å². The zero-order valence-electron chi connectivity index (χ0n) is 7.72. The average molecular weight is 182 g/mol. The molecule has 0 amide bonds. The van der Waals surface area contributed by atoms with Gasteiger partial charge in [0.25, 0.3) is 0 Å². The lowest BCUT2D eigenvalue weighted by Gasteiger charge is -2.31. The van der Waals surface area contributed by atoms with Gasteiger partial charge in [-0.25, -0.2) is 0 Å². The molecule has 72 valence electrons. The molecule has 1 aliphatic rings. The van der Waals surface area contributed by atoms with Gasteiger partial charge >= 0.3 is 0 Å². The van der Waals surface area contributed by atoms with Gasteiger partial charge in [-0.2, -0.15) is 0 Å². The van der Waals surface area contributed by atoms with Crippen molar-refractivity contribution in [1.82, 2.24) is 19.7 Å². The Kier molecular flexibility index (Phi) is 2.28. The van der Waals surface area contributed by atoms with Crippen LogP contribution in [0.25, 0.3) is 0 Å². The molecule has 0 saturated heterocycles. The number of aliphatic hydroxyl groups excluding tert-OH is 1. The number of aromatic nitrogens is 3. The molecule has 13 heavy (non-hydrogen) atoms. The normalized spacial score (nSPS) is 19.8. The third kappa shape index (κ3) is 1.57. The molecule has 0 fully saturated rings. The van der Waals surface area contributed by atoms with Crippen LogP contribution in [0.2, 0.25) is 0 Å². The highest BCUT2D eigenvalue weighted by Gasteiger charge is 2.20. The molecular formula is C8H14N4O. The van der Waals surface area contributed by atoms with Gasteiger partial charge in [0, 0.05) is 19.1 Å². The molecule has 0 aliphatic carbocycles. The van der Waals surface area contributed by atoms with Crippen LogP contribution in [0.4, 0.5) is 0 Å². The molecule has 0 aromatic carbocycles. The van der Waals surface area contributed by atoms with Gasteiger partial charge < -0.3 is 9.67 Å². The number of aliphatic hydroxyl groups is 1. The Morgan fingerprint density at radius 1 is 1.62 bits per heavy atom. The SMILES string of the molecule is CC(CO)N1CCn2cnnc2C1. The van der Waals surface area contributed by atoms with E-state index in [2.05, 4.69) is 19.7 Å². The fourth-order valence-corrected chi connectivity index (χ4v) is 1.58. The van der Waals surface area contributed by atoms with Crippen molar-refractivity contribution in [2.75, 3.05) is 13.2 Å². The van der Waals surface area contributed by atoms with Crippen molar-refractivity contribution in [3.63, 3.8) is 0 Å². The second kappa shape index (κ2) is 3.43. The quantitative estimate of drug-likeness (QED) is 0.668. The number of rotatable bonds is 2. The highest BCUT2D eigenvalue weighted by molar-refractivity contribution is 4.90. The van der Waals surface area contributed by atoms with Crippen LogP contribution >= 0.6 is 0 Å². The van der Waals surface area contributed by atoms with E-state index in [-0.39, 0.29) is 12.6 Å². The van der Waals surface area contributed by atoms with Crippen molar-refractivity contribution in [2.24, 2.45) is 0 Å². The van der Waals surface area contributed by atoms with Gasteiger partial charge in [-0.3, -0.25) is 4.90 Å². The zero-order chi connectivity index (χ0) is 9.26. The van der Waals surface area contributed by atoms with Gasteiger partial charge in [0.2, 0.25) is 0 Å². The summed E-state index contributed by atoms with van der Waals surface area (Å²) < 4.78 is 2.06. The Hall–Kier alpha value is -0.940. The molecule has 5 nitrogen and oxygen atoms in total. The van der Waals surface area contributed by atoms with E-state index >= 15 is 0 Å². The molecule has 0 saturated carbocycles. The van der Waals surface area contributed by atoms with Crippen LogP contribution in [0.1, 0.15) is 12.7 Å². The minimum Gasteiger partial charge on any atom is -0.395 e. The van der Waals surface area contributed by atoms with E-state index in [1.165, 1.54) is 0 Å². The van der Waals surface area contributed by atoms with Crippen molar-refractivity contribution < 1.29 is 5.11 Å². The molecule has 0 radical (unpaired) electrons. The highest BCUT2D eigenvalue weighted by atomic mass is 16.3. The van der Waals surface area contributed by atoms with Crippen molar-refractivity contribution in [3.8, 4) is 0 Å². The Morgan fingerprint density at radius 2 is 2.46 bits per heavy atom. The molecule has 1 aromatic rings. The number of nitrogens with zero attached hydrogens (tertiary/aromatic N) is 4. The topological polar surface area (TPSA) is 54.2 Å². The van der Waals surface area contributed by atoms with Gasteiger partial charge in [-0.15, -0.1) is 10.2 Å². The van der Waals surface area contributed by atoms with E-state index < -0.39 is 0 Å². The highest BCUT2D eigenvalue weighted by Crippen LogP contribution is 2.11. The first-order valence-corrected chi connectivity index (χ1v) is 4.53. The third-order valence-electron chi connectivity index (χ3n) is 2.56. The van der Waals surface area contributed by atoms with Gasteiger partial charge in [0.15, 0.2) is 0 Å². The fraction of sp³-hybridized carbons (Fsp3) is 0.750. The first-order chi connectivity index (χ1) is 6.31. The van der Waals surface area contributed by atoms with Crippen LogP contribution in [0.5, 0.6) is 0 Å². The van der Waals surface area contributed by atoms with Gasteiger partial charge in [0.05, 0.1) is 13.2 Å². The summed E-state index contributed by atoms with van der Waals surface area (Å²) in [6.45, 7) is 4.90. The Balaban J connectivity index is 2.08. The molecule has 0 spiro atoms. The Bertz CT molecular complexity index is 285. The molecular weight excluding hydrogens is 168 g/mol. The van der Waals surface area contributed by atoms with Crippen molar-refractivity contribution in [2.45, 2.75) is 26.1 Å². The zero-order valence-corrected chi connectivity index (χ0v) is 7.72. The maximum atomic E-state index is 9.00. The minimum absolute atomic E-state index is 0.203. The van der Waals surface area contributed by atoms with E-state index in [1.54, 1.807) is 6.33 Å². The van der Waals surface area contributed by atoms with Crippen LogP contribution in [-0.2, 0) is 13.1 Å². The van der Waals surface area contributed by atoms with E-state index in [9.17, 15) is 0 Å². The summed E-state index contributed by atoms with van der Waals surface area (Å²) >= 11 is 0. The minimum atomic E-state index is 0.203. The predicted molar refractivity (Wildman–Crippen MR) is 47.0 cm³/mol. The van der Waals surface area contributed by atoms with Crippen molar-refractivity contribution in [1.29, 1.82) is 0 Å². The number of fused-ring (bicyclic) bond motifs is 1. The molecule has 2 heterocycles. The van der Waals surface area contributed by atoms with Gasteiger partial charge in [0.1, 0.15) is 12.2 Å². The summed E-state index contributed by atoms with van der Waals surface area (Å²) in [4.78, 5) is 2.21. The Morgan fingerprint density at radius 3 is 3.23 bits per heavy atom. The van der Waals surface area contributed by atoms with Crippen LogP contribution in [0.3, 0.4) is 0 Å². The monoisotopic (exact) mass is 182 g/mol. The summed E-state index contributed by atoms with van der Waals surface area (Å²) in [5.41, 5.74) is 0. The second-order valence-electron chi connectivity index (χ2n) is 3.44. The Labute approximate surface area is 77.0 Å². The van der Waals surface area contributed by atoms with E-state index in [0.29, 0.717) is 0 Å². The molecule has 2 rings (SSSR count). The molecule has 0 bridgehead atoms. The molecule has 1 N–H and O–H groups in total. The van der Waals surface area contributed by atoms with Crippen LogP contribution in [-0.4, -0.2) is 44.0 Å². The van der Waals surface area contributed by atoms with E-state index in [0.717, 1.165) is 25.5 Å².